The summed E-state index contributed by atoms with van der Waals surface area (Å²) < 4.78 is 0. The second kappa shape index (κ2) is 5.54. The van der Waals surface area contributed by atoms with Crippen LogP contribution in [0.5, 0.6) is 0 Å². The van der Waals surface area contributed by atoms with Crippen LogP contribution in [0.25, 0.3) is 0 Å². The van der Waals surface area contributed by atoms with E-state index >= 15 is 0 Å². The first kappa shape index (κ1) is 13.3. The van der Waals surface area contributed by atoms with Gasteiger partial charge in [-0.1, -0.05) is 0 Å². The molecule has 1 aliphatic rings. The maximum absolute atomic E-state index is 11.9. The van der Waals surface area contributed by atoms with E-state index in [-0.39, 0.29) is 17.3 Å². The van der Waals surface area contributed by atoms with Gasteiger partial charge in [-0.15, -0.1) is 11.8 Å². The molecule has 1 amide bonds. The van der Waals surface area contributed by atoms with Crippen LogP contribution < -0.4 is 5.73 Å². The Morgan fingerprint density at radius 3 is 2.75 bits per heavy atom. The summed E-state index contributed by atoms with van der Waals surface area (Å²) in [7, 11) is 0. The zero-order valence-electron chi connectivity index (χ0n) is 9.55. The van der Waals surface area contributed by atoms with E-state index in [1.807, 2.05) is 13.8 Å². The second-order valence-corrected chi connectivity index (χ2v) is 5.45. The number of thioether (sulfide) groups is 1. The monoisotopic (exact) mass is 246 g/mol. The minimum atomic E-state index is -0.925. The first-order chi connectivity index (χ1) is 7.43. The molecule has 3 unspecified atom stereocenters. The number of hydrogen-bond donors (Lipinski definition) is 2. The van der Waals surface area contributed by atoms with Crippen molar-refractivity contribution in [2.75, 3.05) is 5.75 Å². The molecule has 6 heteroatoms. The molecule has 92 valence electrons. The quantitative estimate of drug-likeness (QED) is 0.754. The van der Waals surface area contributed by atoms with E-state index in [1.165, 1.54) is 16.7 Å². The number of rotatable bonds is 4. The number of carboxylic acid groups (broad SMARTS) is 1. The van der Waals surface area contributed by atoms with Crippen molar-refractivity contribution in [2.24, 2.45) is 5.73 Å². The van der Waals surface area contributed by atoms with Crippen molar-refractivity contribution in [1.82, 2.24) is 4.90 Å². The molecule has 0 aromatic carbocycles. The minimum absolute atomic E-state index is 0.0298. The van der Waals surface area contributed by atoms with Crippen molar-refractivity contribution < 1.29 is 14.7 Å². The molecule has 1 rings (SSSR count). The SMILES string of the molecule is CC(N)CCC(=O)N1C(C)SCC1C(=O)O. The molecule has 0 aliphatic carbocycles. The Kier molecular flexibility index (Phi) is 4.61. The molecule has 0 aromatic rings. The molecular weight excluding hydrogens is 228 g/mol. The normalized spacial score (nSPS) is 26.8. The van der Waals surface area contributed by atoms with Gasteiger partial charge in [-0.3, -0.25) is 4.79 Å². The van der Waals surface area contributed by atoms with Crippen LogP contribution in [0.2, 0.25) is 0 Å². The molecule has 0 spiro atoms. The standard InChI is InChI=1S/C10H18N2O3S/c1-6(11)3-4-9(13)12-7(2)16-5-8(12)10(14)15/h6-8H,3-5,11H2,1-2H3,(H,14,15). The van der Waals surface area contributed by atoms with Gasteiger partial charge < -0.3 is 15.7 Å². The Morgan fingerprint density at radius 2 is 2.25 bits per heavy atom. The summed E-state index contributed by atoms with van der Waals surface area (Å²) in [5, 5.41) is 8.94. The lowest BCUT2D eigenvalue weighted by atomic mass is 10.1. The summed E-state index contributed by atoms with van der Waals surface area (Å²) in [6.07, 6.45) is 0.922. The van der Waals surface area contributed by atoms with Gasteiger partial charge in [-0.25, -0.2) is 4.79 Å². The molecule has 1 aliphatic heterocycles. The summed E-state index contributed by atoms with van der Waals surface area (Å²) >= 11 is 1.50. The first-order valence-electron chi connectivity index (χ1n) is 5.34. The molecule has 0 aromatic heterocycles. The Hall–Kier alpha value is -0.750. The smallest absolute Gasteiger partial charge is 0.327 e. The fraction of sp³-hybridized carbons (Fsp3) is 0.800. The molecule has 0 saturated carbocycles. The third kappa shape index (κ3) is 3.12. The third-order valence-corrected chi connectivity index (χ3v) is 3.83. The lowest BCUT2D eigenvalue weighted by Crippen LogP contribution is -2.45. The summed E-state index contributed by atoms with van der Waals surface area (Å²) in [6, 6.07) is -0.710. The first-order valence-corrected chi connectivity index (χ1v) is 6.39. The molecule has 3 N–H and O–H groups in total. The van der Waals surface area contributed by atoms with Gasteiger partial charge in [0, 0.05) is 18.2 Å². The van der Waals surface area contributed by atoms with Gasteiger partial charge in [-0.05, 0) is 20.3 Å². The largest absolute Gasteiger partial charge is 0.480 e. The zero-order valence-corrected chi connectivity index (χ0v) is 10.4. The molecule has 5 nitrogen and oxygen atoms in total. The highest BCUT2D eigenvalue weighted by Gasteiger charge is 2.38. The van der Waals surface area contributed by atoms with Crippen molar-refractivity contribution in [3.05, 3.63) is 0 Å². The van der Waals surface area contributed by atoms with Crippen LogP contribution in [-0.4, -0.2) is 45.1 Å². The van der Waals surface area contributed by atoms with Crippen LogP contribution in [0.3, 0.4) is 0 Å². The van der Waals surface area contributed by atoms with Crippen LogP contribution in [-0.2, 0) is 9.59 Å². The van der Waals surface area contributed by atoms with E-state index in [2.05, 4.69) is 0 Å². The van der Waals surface area contributed by atoms with Crippen LogP contribution in [0.15, 0.2) is 0 Å². The van der Waals surface area contributed by atoms with Crippen LogP contribution in [0.4, 0.5) is 0 Å². The fourth-order valence-electron chi connectivity index (χ4n) is 1.69. The molecule has 0 radical (unpaired) electrons. The Morgan fingerprint density at radius 1 is 1.62 bits per heavy atom. The number of carboxylic acids is 1. The van der Waals surface area contributed by atoms with Crippen molar-refractivity contribution in [2.45, 2.75) is 44.1 Å². The number of carbonyl (C=O) groups excluding carboxylic acids is 1. The highest BCUT2D eigenvalue weighted by molar-refractivity contribution is 8.00. The van der Waals surface area contributed by atoms with Crippen molar-refractivity contribution in [1.29, 1.82) is 0 Å². The molecular formula is C10H18N2O3S. The van der Waals surface area contributed by atoms with Crippen LogP contribution in [0.1, 0.15) is 26.7 Å². The minimum Gasteiger partial charge on any atom is -0.480 e. The van der Waals surface area contributed by atoms with Gasteiger partial charge in [0.25, 0.3) is 0 Å². The second-order valence-electron chi connectivity index (χ2n) is 4.10. The molecule has 16 heavy (non-hydrogen) atoms. The van der Waals surface area contributed by atoms with Gasteiger partial charge in [0.2, 0.25) is 5.91 Å². The number of aliphatic carboxylic acids is 1. The molecule has 0 bridgehead atoms. The van der Waals surface area contributed by atoms with E-state index in [0.717, 1.165) is 0 Å². The Labute approximate surface area is 99.4 Å². The van der Waals surface area contributed by atoms with Crippen LogP contribution >= 0.6 is 11.8 Å². The number of carbonyl (C=O) groups is 2. The van der Waals surface area contributed by atoms with Crippen molar-refractivity contribution >= 4 is 23.6 Å². The van der Waals surface area contributed by atoms with E-state index in [4.69, 9.17) is 10.8 Å². The van der Waals surface area contributed by atoms with Gasteiger partial charge in [0.05, 0.1) is 5.37 Å². The van der Waals surface area contributed by atoms with Gasteiger partial charge in [-0.2, -0.15) is 0 Å². The van der Waals surface area contributed by atoms with Gasteiger partial charge in [0.15, 0.2) is 0 Å². The number of nitrogens with two attached hydrogens (primary N) is 1. The molecule has 1 heterocycles. The maximum atomic E-state index is 11.9. The van der Waals surface area contributed by atoms with Crippen molar-refractivity contribution in [3.8, 4) is 0 Å². The highest BCUT2D eigenvalue weighted by Crippen LogP contribution is 2.29. The maximum Gasteiger partial charge on any atom is 0.327 e. The molecule has 3 atom stereocenters. The number of amides is 1. The summed E-state index contributed by atoms with van der Waals surface area (Å²) in [5.74, 6) is -0.561. The average molecular weight is 246 g/mol. The number of nitrogens with zero attached hydrogens (tertiary/aromatic N) is 1. The predicted octanol–water partition coefficient (Wildman–Crippen LogP) is 0.488. The summed E-state index contributed by atoms with van der Waals surface area (Å²) in [6.45, 7) is 3.70. The topological polar surface area (TPSA) is 83.6 Å². The van der Waals surface area contributed by atoms with E-state index < -0.39 is 12.0 Å². The number of hydrogen-bond acceptors (Lipinski definition) is 4. The summed E-state index contributed by atoms with van der Waals surface area (Å²) in [4.78, 5) is 24.3. The van der Waals surface area contributed by atoms with Gasteiger partial charge >= 0.3 is 5.97 Å². The third-order valence-electron chi connectivity index (χ3n) is 2.61. The van der Waals surface area contributed by atoms with E-state index in [1.54, 1.807) is 0 Å². The fourth-order valence-corrected chi connectivity index (χ4v) is 2.88. The highest BCUT2D eigenvalue weighted by atomic mass is 32.2. The zero-order chi connectivity index (χ0) is 12.3. The lowest BCUT2D eigenvalue weighted by Gasteiger charge is -2.25. The Bertz CT molecular complexity index is 283. The predicted molar refractivity (Wildman–Crippen MR) is 63.1 cm³/mol. The Balaban J connectivity index is 2.61. The molecule has 1 fully saturated rings. The average Bonchev–Trinajstić information content (AvgIpc) is 2.56. The summed E-state index contributed by atoms with van der Waals surface area (Å²) in [5.41, 5.74) is 5.58. The van der Waals surface area contributed by atoms with Crippen molar-refractivity contribution in [3.63, 3.8) is 0 Å². The van der Waals surface area contributed by atoms with E-state index in [0.29, 0.717) is 18.6 Å². The van der Waals surface area contributed by atoms with Gasteiger partial charge in [0.1, 0.15) is 6.04 Å². The van der Waals surface area contributed by atoms with Crippen LogP contribution in [0, 0.1) is 0 Å². The lowest BCUT2D eigenvalue weighted by molar-refractivity contribution is -0.149. The molecule has 1 saturated heterocycles. The van der Waals surface area contributed by atoms with E-state index in [9.17, 15) is 9.59 Å².